The Hall–Kier alpha value is -3.33. The van der Waals surface area contributed by atoms with Crippen molar-refractivity contribution in [2.75, 3.05) is 19.0 Å². The van der Waals surface area contributed by atoms with Crippen LogP contribution in [0.15, 0.2) is 47.6 Å². The van der Waals surface area contributed by atoms with E-state index >= 15 is 0 Å². The van der Waals surface area contributed by atoms with Crippen LogP contribution in [0.5, 0.6) is 11.5 Å². The van der Waals surface area contributed by atoms with Crippen LogP contribution < -0.4 is 14.8 Å². The van der Waals surface area contributed by atoms with Gasteiger partial charge in [-0.25, -0.2) is 9.37 Å². The van der Waals surface area contributed by atoms with Crippen molar-refractivity contribution in [2.45, 2.75) is 18.1 Å². The maximum atomic E-state index is 12.9. The standard InChI is InChI=1S/C22H21FN4O3S/c1-14(16-5-8-18-19(12-16)30-11-10-29-18)24-21(28)13-31-22-25-20(26-27-22)9-4-15-2-6-17(23)7-3-15/h2-9,12,14H,10-11,13H2,1H3,(H,24,28)(H,25,26,27)/b9-4+. The summed E-state index contributed by atoms with van der Waals surface area (Å²) in [4.78, 5) is 16.7. The van der Waals surface area contributed by atoms with Gasteiger partial charge in [0.1, 0.15) is 24.9 Å². The molecule has 2 heterocycles. The number of nitrogens with one attached hydrogen (secondary N) is 2. The topological polar surface area (TPSA) is 89.1 Å². The minimum atomic E-state index is -0.280. The average Bonchev–Trinajstić information content (AvgIpc) is 3.25. The zero-order chi connectivity index (χ0) is 21.6. The zero-order valence-corrected chi connectivity index (χ0v) is 17.6. The summed E-state index contributed by atoms with van der Waals surface area (Å²) in [6.45, 7) is 2.98. The normalized spacial score (nSPS) is 13.9. The van der Waals surface area contributed by atoms with E-state index in [9.17, 15) is 9.18 Å². The van der Waals surface area contributed by atoms with Crippen LogP contribution in [0.1, 0.15) is 29.9 Å². The van der Waals surface area contributed by atoms with Crippen LogP contribution in [-0.4, -0.2) is 40.1 Å². The number of rotatable bonds is 7. The van der Waals surface area contributed by atoms with Gasteiger partial charge in [0.15, 0.2) is 11.5 Å². The number of thioether (sulfide) groups is 1. The SMILES string of the molecule is CC(NC(=O)CSc1n[nH]c(/C=C/c2ccc(F)cc2)n1)c1ccc2c(c1)OCCO2. The summed E-state index contributed by atoms with van der Waals surface area (Å²) >= 11 is 1.24. The van der Waals surface area contributed by atoms with Gasteiger partial charge >= 0.3 is 0 Å². The number of carbonyl (C=O) groups is 1. The predicted molar refractivity (Wildman–Crippen MR) is 116 cm³/mol. The molecule has 1 atom stereocenters. The zero-order valence-electron chi connectivity index (χ0n) is 16.8. The van der Waals surface area contributed by atoms with E-state index in [0.717, 1.165) is 16.9 Å². The van der Waals surface area contributed by atoms with Crippen LogP contribution >= 0.6 is 11.8 Å². The molecule has 1 aliphatic rings. The summed E-state index contributed by atoms with van der Waals surface area (Å²) in [7, 11) is 0. The summed E-state index contributed by atoms with van der Waals surface area (Å²) in [6.07, 6.45) is 3.55. The number of ether oxygens (including phenoxy) is 2. The van der Waals surface area contributed by atoms with Crippen molar-refractivity contribution >= 4 is 29.8 Å². The second-order valence-electron chi connectivity index (χ2n) is 6.87. The van der Waals surface area contributed by atoms with E-state index in [0.29, 0.717) is 29.9 Å². The lowest BCUT2D eigenvalue weighted by atomic mass is 10.1. The van der Waals surface area contributed by atoms with Crippen LogP contribution in [0.3, 0.4) is 0 Å². The van der Waals surface area contributed by atoms with E-state index in [1.807, 2.05) is 25.1 Å². The summed E-state index contributed by atoms with van der Waals surface area (Å²) in [5, 5.41) is 10.3. The highest BCUT2D eigenvalue weighted by molar-refractivity contribution is 7.99. The highest BCUT2D eigenvalue weighted by atomic mass is 32.2. The van der Waals surface area contributed by atoms with Gasteiger partial charge in [-0.1, -0.05) is 36.0 Å². The molecule has 1 unspecified atom stereocenters. The van der Waals surface area contributed by atoms with E-state index in [1.54, 1.807) is 24.3 Å². The highest BCUT2D eigenvalue weighted by Gasteiger charge is 2.16. The third kappa shape index (κ3) is 5.64. The van der Waals surface area contributed by atoms with E-state index in [-0.39, 0.29) is 23.5 Å². The molecular weight excluding hydrogens is 419 g/mol. The first-order valence-electron chi connectivity index (χ1n) is 9.74. The van der Waals surface area contributed by atoms with Crippen LogP contribution in [0, 0.1) is 5.82 Å². The van der Waals surface area contributed by atoms with Gasteiger partial charge in [-0.3, -0.25) is 9.89 Å². The van der Waals surface area contributed by atoms with E-state index in [2.05, 4.69) is 20.5 Å². The lowest BCUT2D eigenvalue weighted by molar-refractivity contribution is -0.119. The molecule has 1 aliphatic heterocycles. The molecule has 0 aliphatic carbocycles. The number of benzene rings is 2. The Morgan fingerprint density at radius 2 is 1.97 bits per heavy atom. The first kappa shape index (κ1) is 20.9. The second-order valence-corrected chi connectivity index (χ2v) is 7.81. The van der Waals surface area contributed by atoms with Crippen LogP contribution in [0.4, 0.5) is 4.39 Å². The molecular formula is C22H21FN4O3S. The fourth-order valence-electron chi connectivity index (χ4n) is 2.97. The summed E-state index contributed by atoms with van der Waals surface area (Å²) < 4.78 is 24.1. The third-order valence-electron chi connectivity index (χ3n) is 4.56. The molecule has 0 saturated heterocycles. The number of aromatic amines is 1. The molecule has 0 spiro atoms. The summed E-state index contributed by atoms with van der Waals surface area (Å²) in [6, 6.07) is 11.6. The quantitative estimate of drug-likeness (QED) is 0.543. The molecule has 0 saturated carbocycles. The number of amides is 1. The lowest BCUT2D eigenvalue weighted by Gasteiger charge is -2.21. The van der Waals surface area contributed by atoms with Gasteiger partial charge in [0.25, 0.3) is 0 Å². The maximum Gasteiger partial charge on any atom is 0.230 e. The molecule has 9 heteroatoms. The molecule has 7 nitrogen and oxygen atoms in total. The molecule has 0 fully saturated rings. The first-order chi connectivity index (χ1) is 15.1. The third-order valence-corrected chi connectivity index (χ3v) is 5.41. The molecule has 2 aromatic carbocycles. The van der Waals surface area contributed by atoms with Crippen molar-refractivity contribution < 1.29 is 18.7 Å². The van der Waals surface area contributed by atoms with E-state index in [4.69, 9.17) is 9.47 Å². The highest BCUT2D eigenvalue weighted by Crippen LogP contribution is 2.32. The van der Waals surface area contributed by atoms with Gasteiger partial charge in [0.2, 0.25) is 11.1 Å². The van der Waals surface area contributed by atoms with E-state index < -0.39 is 0 Å². The Balaban J connectivity index is 1.27. The number of hydrogen-bond acceptors (Lipinski definition) is 6. The predicted octanol–water partition coefficient (Wildman–Crippen LogP) is 3.85. The van der Waals surface area contributed by atoms with E-state index in [1.165, 1.54) is 23.9 Å². The van der Waals surface area contributed by atoms with Crippen LogP contribution in [0.2, 0.25) is 0 Å². The second kappa shape index (κ2) is 9.65. The minimum absolute atomic E-state index is 0.124. The molecule has 160 valence electrons. The summed E-state index contributed by atoms with van der Waals surface area (Å²) in [5.74, 6) is 1.75. The number of H-pyrrole nitrogens is 1. The van der Waals surface area contributed by atoms with Gasteiger partial charge in [-0.15, -0.1) is 5.10 Å². The number of carbonyl (C=O) groups excluding carboxylic acids is 1. The molecule has 0 bridgehead atoms. The smallest absolute Gasteiger partial charge is 0.230 e. The van der Waals surface area contributed by atoms with Crippen molar-refractivity contribution in [3.8, 4) is 11.5 Å². The Kier molecular flexibility index (Phi) is 6.51. The van der Waals surface area contributed by atoms with Gasteiger partial charge in [-0.05, 0) is 48.4 Å². The van der Waals surface area contributed by atoms with Crippen molar-refractivity contribution in [1.29, 1.82) is 0 Å². The van der Waals surface area contributed by atoms with Gasteiger partial charge in [0.05, 0.1) is 11.8 Å². The van der Waals surface area contributed by atoms with Gasteiger partial charge < -0.3 is 14.8 Å². The fourth-order valence-corrected chi connectivity index (χ4v) is 3.59. The number of fused-ring (bicyclic) bond motifs is 1. The number of hydrogen-bond donors (Lipinski definition) is 2. The molecule has 0 radical (unpaired) electrons. The average molecular weight is 441 g/mol. The van der Waals surface area contributed by atoms with Gasteiger partial charge in [0, 0.05) is 0 Å². The number of halogens is 1. The van der Waals surface area contributed by atoms with Gasteiger partial charge in [-0.2, -0.15) is 0 Å². The Labute approximate surface area is 183 Å². The van der Waals surface area contributed by atoms with Crippen molar-refractivity contribution in [3.05, 3.63) is 65.2 Å². The molecule has 1 amide bonds. The Morgan fingerprint density at radius 1 is 1.19 bits per heavy atom. The van der Waals surface area contributed by atoms with Crippen molar-refractivity contribution in [2.24, 2.45) is 0 Å². The summed E-state index contributed by atoms with van der Waals surface area (Å²) in [5.41, 5.74) is 1.79. The van der Waals surface area contributed by atoms with Crippen LogP contribution in [-0.2, 0) is 4.79 Å². The van der Waals surface area contributed by atoms with Crippen molar-refractivity contribution in [1.82, 2.24) is 20.5 Å². The molecule has 1 aromatic heterocycles. The fraction of sp³-hybridized carbons (Fsp3) is 0.227. The first-order valence-corrected chi connectivity index (χ1v) is 10.7. The molecule has 31 heavy (non-hydrogen) atoms. The number of nitrogens with zero attached hydrogens (tertiary/aromatic N) is 2. The monoisotopic (exact) mass is 440 g/mol. The Morgan fingerprint density at radius 3 is 2.77 bits per heavy atom. The van der Waals surface area contributed by atoms with Crippen LogP contribution in [0.25, 0.3) is 12.2 Å². The number of aromatic nitrogens is 3. The Bertz CT molecular complexity index is 1080. The molecule has 4 rings (SSSR count). The minimum Gasteiger partial charge on any atom is -0.486 e. The van der Waals surface area contributed by atoms with Crippen molar-refractivity contribution in [3.63, 3.8) is 0 Å². The maximum absolute atomic E-state index is 12.9. The molecule has 2 N–H and O–H groups in total. The largest absolute Gasteiger partial charge is 0.486 e. The molecule has 3 aromatic rings. The lowest BCUT2D eigenvalue weighted by Crippen LogP contribution is -2.28.